The number of rotatable bonds is 3. The zero-order chi connectivity index (χ0) is 12.4. The summed E-state index contributed by atoms with van der Waals surface area (Å²) in [5.41, 5.74) is 1.47. The van der Waals surface area contributed by atoms with Crippen LogP contribution in [0.4, 0.5) is 0 Å². The predicted molar refractivity (Wildman–Crippen MR) is 76.0 cm³/mol. The average Bonchev–Trinajstić information content (AvgIpc) is 2.85. The molecule has 0 aliphatic carbocycles. The molecule has 2 nitrogen and oxygen atoms in total. The molecular formula is C15H19NOS. The third-order valence-electron chi connectivity index (χ3n) is 3.72. The second-order valence-electron chi connectivity index (χ2n) is 4.82. The van der Waals surface area contributed by atoms with Gasteiger partial charge < -0.3 is 10.1 Å². The Morgan fingerprint density at radius 2 is 2.28 bits per heavy atom. The van der Waals surface area contributed by atoms with Crippen LogP contribution in [0.5, 0.6) is 0 Å². The largest absolute Gasteiger partial charge is 0.497 e. The van der Waals surface area contributed by atoms with E-state index in [1.807, 2.05) is 18.8 Å². The van der Waals surface area contributed by atoms with E-state index in [0.29, 0.717) is 12.0 Å². The molecule has 0 saturated heterocycles. The minimum Gasteiger partial charge on any atom is -0.497 e. The van der Waals surface area contributed by atoms with Crippen LogP contribution in [0.2, 0.25) is 0 Å². The Kier molecular flexibility index (Phi) is 3.62. The summed E-state index contributed by atoms with van der Waals surface area (Å²) in [6.07, 6.45) is 4.56. The summed E-state index contributed by atoms with van der Waals surface area (Å²) in [7, 11) is 2.04. The van der Waals surface area contributed by atoms with Gasteiger partial charge in [0, 0.05) is 16.6 Å². The maximum absolute atomic E-state index is 5.85. The zero-order valence-electron chi connectivity index (χ0n) is 10.7. The van der Waals surface area contributed by atoms with Crippen molar-refractivity contribution in [3.8, 4) is 0 Å². The molecule has 2 heterocycles. The molecule has 2 aliphatic rings. The second kappa shape index (κ2) is 5.37. The molecular weight excluding hydrogens is 242 g/mol. The highest BCUT2D eigenvalue weighted by Crippen LogP contribution is 2.42. The van der Waals surface area contributed by atoms with Crippen LogP contribution in [-0.2, 0) is 4.74 Å². The molecule has 0 radical (unpaired) electrons. The van der Waals surface area contributed by atoms with Crippen LogP contribution in [-0.4, -0.2) is 25.4 Å². The van der Waals surface area contributed by atoms with Gasteiger partial charge in [0.25, 0.3) is 0 Å². The zero-order valence-corrected chi connectivity index (χ0v) is 11.5. The summed E-state index contributed by atoms with van der Waals surface area (Å²) in [6, 6.07) is 9.07. The summed E-state index contributed by atoms with van der Waals surface area (Å²) in [5.74, 6) is 2.82. The van der Waals surface area contributed by atoms with Crippen LogP contribution in [0.15, 0.2) is 41.0 Å². The van der Waals surface area contributed by atoms with Crippen LogP contribution in [0, 0.1) is 0 Å². The van der Waals surface area contributed by atoms with Crippen molar-refractivity contribution in [1.82, 2.24) is 5.32 Å². The molecule has 2 unspecified atom stereocenters. The maximum atomic E-state index is 5.85. The van der Waals surface area contributed by atoms with Gasteiger partial charge >= 0.3 is 0 Å². The standard InChI is InChI=1S/C15H19NOS/c1-16-15(13-7-4-5-9-17-13)12-10-18-14-8-3-2-6-11(12)14/h2-3,6-8,12,15-16H,4-5,9-10H2,1H3. The number of hydrogen-bond acceptors (Lipinski definition) is 3. The number of nitrogens with one attached hydrogen (secondary N) is 1. The van der Waals surface area contributed by atoms with E-state index < -0.39 is 0 Å². The first kappa shape index (κ1) is 12.1. The van der Waals surface area contributed by atoms with Crippen molar-refractivity contribution in [2.45, 2.75) is 29.7 Å². The Morgan fingerprint density at radius 1 is 1.39 bits per heavy atom. The first-order chi connectivity index (χ1) is 8.90. The van der Waals surface area contributed by atoms with Crippen molar-refractivity contribution < 1.29 is 4.74 Å². The number of likely N-dealkylation sites (N-methyl/N-ethyl adjacent to an activating group) is 1. The fourth-order valence-corrected chi connectivity index (χ4v) is 4.09. The van der Waals surface area contributed by atoms with Crippen LogP contribution in [0.3, 0.4) is 0 Å². The van der Waals surface area contributed by atoms with Gasteiger partial charge in [-0.1, -0.05) is 18.2 Å². The lowest BCUT2D eigenvalue weighted by molar-refractivity contribution is 0.164. The van der Waals surface area contributed by atoms with E-state index >= 15 is 0 Å². The highest BCUT2D eigenvalue weighted by molar-refractivity contribution is 7.99. The van der Waals surface area contributed by atoms with Crippen molar-refractivity contribution in [1.29, 1.82) is 0 Å². The van der Waals surface area contributed by atoms with Gasteiger partial charge in [-0.3, -0.25) is 0 Å². The van der Waals surface area contributed by atoms with Crippen LogP contribution in [0.1, 0.15) is 24.3 Å². The SMILES string of the molecule is CNC(C1=CCCCO1)C1CSc2ccccc21. The van der Waals surface area contributed by atoms with Gasteiger partial charge in [-0.25, -0.2) is 0 Å². The van der Waals surface area contributed by atoms with Gasteiger partial charge in [0.2, 0.25) is 0 Å². The molecule has 96 valence electrons. The van der Waals surface area contributed by atoms with Gasteiger partial charge in [0.15, 0.2) is 0 Å². The van der Waals surface area contributed by atoms with Crippen molar-refractivity contribution in [2.24, 2.45) is 0 Å². The first-order valence-corrected chi connectivity index (χ1v) is 7.60. The lowest BCUT2D eigenvalue weighted by Gasteiger charge is -2.28. The fourth-order valence-electron chi connectivity index (χ4n) is 2.80. The Morgan fingerprint density at radius 3 is 3.06 bits per heavy atom. The highest BCUT2D eigenvalue weighted by Gasteiger charge is 2.32. The van der Waals surface area contributed by atoms with Crippen LogP contribution in [0.25, 0.3) is 0 Å². The van der Waals surface area contributed by atoms with Crippen molar-refractivity contribution in [3.05, 3.63) is 41.7 Å². The van der Waals surface area contributed by atoms with Crippen molar-refractivity contribution in [3.63, 3.8) is 0 Å². The topological polar surface area (TPSA) is 21.3 Å². The maximum Gasteiger partial charge on any atom is 0.110 e. The molecule has 3 rings (SSSR count). The summed E-state index contributed by atoms with van der Waals surface area (Å²) >= 11 is 1.96. The number of ether oxygens (including phenoxy) is 1. The summed E-state index contributed by atoms with van der Waals surface area (Å²) in [6.45, 7) is 0.867. The fraction of sp³-hybridized carbons (Fsp3) is 0.467. The molecule has 0 fully saturated rings. The third kappa shape index (κ3) is 2.17. The third-order valence-corrected chi connectivity index (χ3v) is 4.93. The monoisotopic (exact) mass is 261 g/mol. The van der Waals surface area contributed by atoms with Crippen molar-refractivity contribution >= 4 is 11.8 Å². The summed E-state index contributed by atoms with van der Waals surface area (Å²) < 4.78 is 5.85. The Bertz CT molecular complexity index is 458. The number of benzene rings is 1. The highest BCUT2D eigenvalue weighted by atomic mass is 32.2. The van der Waals surface area contributed by atoms with E-state index in [1.54, 1.807) is 0 Å². The number of hydrogen-bond donors (Lipinski definition) is 1. The minimum atomic E-state index is 0.321. The molecule has 1 N–H and O–H groups in total. The lowest BCUT2D eigenvalue weighted by Crippen LogP contribution is -2.36. The lowest BCUT2D eigenvalue weighted by atomic mass is 9.91. The molecule has 0 bridgehead atoms. The molecule has 3 heteroatoms. The Labute approximate surface area is 113 Å². The van der Waals surface area contributed by atoms with E-state index in [2.05, 4.69) is 35.7 Å². The van der Waals surface area contributed by atoms with Crippen LogP contribution < -0.4 is 5.32 Å². The molecule has 1 aromatic rings. The molecule has 1 aromatic carbocycles. The Balaban J connectivity index is 1.87. The normalized spacial score (nSPS) is 24.1. The van der Waals surface area contributed by atoms with Gasteiger partial charge in [0.05, 0.1) is 12.6 Å². The quantitative estimate of drug-likeness (QED) is 0.903. The van der Waals surface area contributed by atoms with E-state index in [-0.39, 0.29) is 0 Å². The first-order valence-electron chi connectivity index (χ1n) is 6.62. The molecule has 0 aromatic heterocycles. The molecule has 2 aliphatic heterocycles. The van der Waals surface area contributed by atoms with Crippen LogP contribution >= 0.6 is 11.8 Å². The molecule has 0 amide bonds. The Hall–Kier alpha value is -0.930. The van der Waals surface area contributed by atoms with Gasteiger partial charge in [-0.05, 0) is 37.6 Å². The smallest absolute Gasteiger partial charge is 0.110 e. The molecule has 18 heavy (non-hydrogen) atoms. The van der Waals surface area contributed by atoms with Gasteiger partial charge in [0.1, 0.15) is 5.76 Å². The van der Waals surface area contributed by atoms with Gasteiger partial charge in [-0.15, -0.1) is 11.8 Å². The molecule has 0 saturated carbocycles. The predicted octanol–water partition coefficient (Wildman–Crippen LogP) is 3.16. The van der Waals surface area contributed by atoms with E-state index in [1.165, 1.54) is 10.5 Å². The number of fused-ring (bicyclic) bond motifs is 1. The molecule has 0 spiro atoms. The summed E-state index contributed by atoms with van der Waals surface area (Å²) in [5, 5.41) is 3.45. The molecule has 2 atom stereocenters. The van der Waals surface area contributed by atoms with E-state index in [0.717, 1.165) is 31.0 Å². The van der Waals surface area contributed by atoms with Crippen molar-refractivity contribution in [2.75, 3.05) is 19.4 Å². The minimum absolute atomic E-state index is 0.321. The number of allylic oxidation sites excluding steroid dienone is 1. The second-order valence-corrected chi connectivity index (χ2v) is 5.88. The number of thioether (sulfide) groups is 1. The van der Waals surface area contributed by atoms with E-state index in [9.17, 15) is 0 Å². The summed E-state index contributed by atoms with van der Waals surface area (Å²) in [4.78, 5) is 1.43. The average molecular weight is 261 g/mol. The van der Waals surface area contributed by atoms with E-state index in [4.69, 9.17) is 4.74 Å². The van der Waals surface area contributed by atoms with Gasteiger partial charge in [-0.2, -0.15) is 0 Å².